The number of halogens is 1. The van der Waals surface area contributed by atoms with Crippen molar-refractivity contribution in [2.24, 2.45) is 29.6 Å². The van der Waals surface area contributed by atoms with Crippen LogP contribution in [0.2, 0.25) is 5.02 Å². The Bertz CT molecular complexity index is 1480. The molecule has 1 saturated heterocycles. The number of phenols is 1. The second kappa shape index (κ2) is 7.87. The van der Waals surface area contributed by atoms with E-state index in [1.807, 2.05) is 12.1 Å². The lowest BCUT2D eigenvalue weighted by Gasteiger charge is -2.43. The van der Waals surface area contributed by atoms with Gasteiger partial charge in [-0.15, -0.1) is 11.8 Å². The van der Waals surface area contributed by atoms with Gasteiger partial charge in [0.2, 0.25) is 11.8 Å². The fourth-order valence-electron chi connectivity index (χ4n) is 7.12. The Morgan fingerprint density at radius 1 is 1.06 bits per heavy atom. The Balaban J connectivity index is 1.33. The van der Waals surface area contributed by atoms with Crippen LogP contribution in [0.5, 0.6) is 11.5 Å². The molecule has 2 aliphatic carbocycles. The van der Waals surface area contributed by atoms with Crippen LogP contribution >= 0.6 is 34.7 Å². The van der Waals surface area contributed by atoms with Gasteiger partial charge in [-0.1, -0.05) is 29.0 Å². The molecule has 1 aromatic heterocycles. The number of aromatic nitrogens is 1. The zero-order valence-corrected chi connectivity index (χ0v) is 21.4. The standard InChI is InChI=1S/C26H21ClN2O5S2/c1-34-16-8-10(2-7-15(16)30)17-18-13-9-14(21(18)35-23-22(17)36-26(33)28-23)20-19(13)24(31)29(25(20)32)12-5-3-11(27)4-6-12/h2-8,13-14,17-21,30H,9H2,1H3,(H,28,33)/t13-,14+,17-,18-,19+,20+,21-/m0/s1. The third-order valence-electron chi connectivity index (χ3n) is 8.37. The number of carbonyl (C=O) groups is 2. The van der Waals surface area contributed by atoms with Gasteiger partial charge in [-0.25, -0.2) is 0 Å². The summed E-state index contributed by atoms with van der Waals surface area (Å²) in [5, 5.41) is 11.7. The Kier molecular flexibility index (Phi) is 4.91. The highest BCUT2D eigenvalue weighted by atomic mass is 35.5. The van der Waals surface area contributed by atoms with Gasteiger partial charge in [0.1, 0.15) is 0 Å². The maximum Gasteiger partial charge on any atom is 0.305 e. The molecule has 0 radical (unpaired) electrons. The van der Waals surface area contributed by atoms with Gasteiger partial charge in [0.25, 0.3) is 0 Å². The van der Waals surface area contributed by atoms with Crippen LogP contribution in [-0.2, 0) is 9.59 Å². The highest BCUT2D eigenvalue weighted by Crippen LogP contribution is 2.68. The number of amides is 2. The van der Waals surface area contributed by atoms with E-state index in [4.69, 9.17) is 16.3 Å². The van der Waals surface area contributed by atoms with Crippen molar-refractivity contribution in [1.29, 1.82) is 0 Å². The van der Waals surface area contributed by atoms with E-state index >= 15 is 0 Å². The van der Waals surface area contributed by atoms with E-state index in [1.165, 1.54) is 23.3 Å². The molecule has 36 heavy (non-hydrogen) atoms. The molecule has 2 amide bonds. The molecule has 0 spiro atoms. The number of thioether (sulfide) groups is 1. The lowest BCUT2D eigenvalue weighted by atomic mass is 9.68. The van der Waals surface area contributed by atoms with Crippen LogP contribution in [0.1, 0.15) is 22.8 Å². The zero-order chi connectivity index (χ0) is 24.9. The van der Waals surface area contributed by atoms with E-state index < -0.39 is 0 Å². The molecule has 7 rings (SSSR count). The largest absolute Gasteiger partial charge is 0.504 e. The number of fused-ring (bicyclic) bond motifs is 9. The molecule has 3 aromatic rings. The monoisotopic (exact) mass is 540 g/mol. The summed E-state index contributed by atoms with van der Waals surface area (Å²) in [6.07, 6.45) is 0.814. The van der Waals surface area contributed by atoms with Crippen LogP contribution in [-0.4, -0.2) is 34.3 Å². The number of H-pyrrole nitrogens is 1. The van der Waals surface area contributed by atoms with Crippen LogP contribution in [0.3, 0.4) is 0 Å². The maximum absolute atomic E-state index is 13.7. The fourth-order valence-corrected chi connectivity index (χ4v) is 10.1. The molecule has 2 saturated carbocycles. The van der Waals surface area contributed by atoms with Gasteiger partial charge >= 0.3 is 4.87 Å². The number of hydrogen-bond donors (Lipinski definition) is 2. The summed E-state index contributed by atoms with van der Waals surface area (Å²) >= 11 is 8.89. The lowest BCUT2D eigenvalue weighted by molar-refractivity contribution is -0.123. The third kappa shape index (κ3) is 2.96. The molecule has 2 N–H and O–H groups in total. The minimum atomic E-state index is -0.376. The SMILES string of the molecule is COc1cc([C@@H]2c3sc(=O)[nH]c3S[C@H]3[C@@H]4C[C@H]([C@H]5C(=O)N(c6ccc(Cl)cc6)C(=O)[C@H]45)[C@@H]23)ccc1O. The molecule has 0 unspecified atom stereocenters. The van der Waals surface area contributed by atoms with Gasteiger partial charge in [0, 0.05) is 21.1 Å². The minimum absolute atomic E-state index is 0.0152. The van der Waals surface area contributed by atoms with E-state index in [-0.39, 0.29) is 63.2 Å². The van der Waals surface area contributed by atoms with E-state index in [9.17, 15) is 19.5 Å². The maximum atomic E-state index is 13.7. The van der Waals surface area contributed by atoms with E-state index in [2.05, 4.69) is 4.98 Å². The van der Waals surface area contributed by atoms with Crippen molar-refractivity contribution in [3.63, 3.8) is 0 Å². The third-order valence-corrected chi connectivity index (χ3v) is 11.2. The van der Waals surface area contributed by atoms with Gasteiger partial charge < -0.3 is 14.8 Å². The number of methoxy groups -OCH3 is 1. The van der Waals surface area contributed by atoms with Gasteiger partial charge in [0.15, 0.2) is 11.5 Å². The number of benzene rings is 2. The first kappa shape index (κ1) is 22.4. The summed E-state index contributed by atoms with van der Waals surface area (Å²) in [5.41, 5.74) is 1.49. The molecular weight excluding hydrogens is 520 g/mol. The molecule has 2 aliphatic heterocycles. The van der Waals surface area contributed by atoms with Gasteiger partial charge in [-0.3, -0.25) is 19.3 Å². The Morgan fingerprint density at radius 2 is 1.78 bits per heavy atom. The van der Waals surface area contributed by atoms with Crippen molar-refractivity contribution < 1.29 is 19.4 Å². The average molecular weight is 541 g/mol. The molecule has 3 fully saturated rings. The molecule has 7 nitrogen and oxygen atoms in total. The van der Waals surface area contributed by atoms with Crippen LogP contribution < -0.4 is 14.5 Å². The summed E-state index contributed by atoms with van der Waals surface area (Å²) in [6, 6.07) is 12.1. The number of carbonyl (C=O) groups excluding carboxylic acids is 2. The van der Waals surface area contributed by atoms with Crippen molar-refractivity contribution in [2.45, 2.75) is 22.6 Å². The zero-order valence-electron chi connectivity index (χ0n) is 19.0. The summed E-state index contributed by atoms with van der Waals surface area (Å²) in [5.74, 6) is -0.576. The lowest BCUT2D eigenvalue weighted by Crippen LogP contribution is -2.42. The Morgan fingerprint density at radius 3 is 2.50 bits per heavy atom. The second-order valence-corrected chi connectivity index (χ2v) is 12.5. The summed E-state index contributed by atoms with van der Waals surface area (Å²) in [4.78, 5) is 45.0. The molecule has 2 aromatic carbocycles. The van der Waals surface area contributed by atoms with Crippen molar-refractivity contribution in [1.82, 2.24) is 4.98 Å². The topological polar surface area (TPSA) is 99.7 Å². The Hall–Kier alpha value is -2.75. The van der Waals surface area contributed by atoms with Gasteiger partial charge in [0.05, 0.1) is 29.7 Å². The van der Waals surface area contributed by atoms with E-state index in [0.29, 0.717) is 16.5 Å². The number of ether oxygens (including phenoxy) is 1. The normalized spacial score (nSPS) is 31.9. The van der Waals surface area contributed by atoms with Crippen LogP contribution in [0.25, 0.3) is 0 Å². The molecular formula is C26H21ClN2O5S2. The molecule has 7 atom stereocenters. The predicted molar refractivity (Wildman–Crippen MR) is 137 cm³/mol. The van der Waals surface area contributed by atoms with E-state index in [1.54, 1.807) is 42.1 Å². The second-order valence-electron chi connectivity index (χ2n) is 9.88. The number of nitrogens with one attached hydrogen (secondary N) is 1. The number of phenolic OH excluding ortho intramolecular Hbond substituents is 1. The van der Waals surface area contributed by atoms with Crippen molar-refractivity contribution in [3.8, 4) is 11.5 Å². The number of thiazole rings is 1. The minimum Gasteiger partial charge on any atom is -0.504 e. The molecule has 10 heteroatoms. The number of anilines is 1. The highest BCUT2D eigenvalue weighted by molar-refractivity contribution is 8.00. The fraction of sp³-hybridized carbons (Fsp3) is 0.346. The average Bonchev–Trinajstić information content (AvgIpc) is 3.59. The molecule has 4 aliphatic rings. The Labute approximate surface area is 219 Å². The quantitative estimate of drug-likeness (QED) is 0.475. The molecule has 184 valence electrons. The first-order valence-corrected chi connectivity index (χ1v) is 13.8. The molecule has 2 bridgehead atoms. The number of rotatable bonds is 3. The number of aromatic hydroxyl groups is 1. The number of nitrogens with zero attached hydrogens (tertiary/aromatic N) is 1. The van der Waals surface area contributed by atoms with Gasteiger partial charge in [-0.05, 0) is 66.1 Å². The van der Waals surface area contributed by atoms with Crippen LogP contribution in [0.4, 0.5) is 5.69 Å². The van der Waals surface area contributed by atoms with Crippen LogP contribution in [0, 0.1) is 29.6 Å². The van der Waals surface area contributed by atoms with Crippen molar-refractivity contribution in [3.05, 3.63) is 67.6 Å². The number of aromatic amines is 1. The number of hydrogen-bond acceptors (Lipinski definition) is 7. The first-order valence-electron chi connectivity index (χ1n) is 11.8. The molecule has 3 heterocycles. The number of imide groups is 1. The van der Waals surface area contributed by atoms with Crippen molar-refractivity contribution in [2.75, 3.05) is 12.0 Å². The van der Waals surface area contributed by atoms with Gasteiger partial charge in [-0.2, -0.15) is 0 Å². The first-order chi connectivity index (χ1) is 17.4. The highest BCUT2D eigenvalue weighted by Gasteiger charge is 2.69. The summed E-state index contributed by atoms with van der Waals surface area (Å²) in [7, 11) is 1.51. The van der Waals surface area contributed by atoms with E-state index in [0.717, 1.165) is 21.9 Å². The smallest absolute Gasteiger partial charge is 0.305 e. The predicted octanol–water partition coefficient (Wildman–Crippen LogP) is 4.48. The van der Waals surface area contributed by atoms with Crippen LogP contribution in [0.15, 0.2) is 52.3 Å². The summed E-state index contributed by atoms with van der Waals surface area (Å²) < 4.78 is 5.38. The summed E-state index contributed by atoms with van der Waals surface area (Å²) in [6.45, 7) is 0. The van der Waals surface area contributed by atoms with Crippen molar-refractivity contribution >= 4 is 52.2 Å².